The van der Waals surface area contributed by atoms with E-state index in [9.17, 15) is 9.90 Å². The number of pyridine rings is 1. The summed E-state index contributed by atoms with van der Waals surface area (Å²) in [6.07, 6.45) is 1.31. The van der Waals surface area contributed by atoms with E-state index in [0.717, 1.165) is 0 Å². The maximum Gasteiger partial charge on any atom is 0.274 e. The molecule has 6 nitrogen and oxygen atoms in total. The fraction of sp³-hybridized carbons (Fsp3) is 0. The second-order valence-electron chi connectivity index (χ2n) is 3.77. The summed E-state index contributed by atoms with van der Waals surface area (Å²) in [7, 11) is 0. The van der Waals surface area contributed by atoms with Crippen LogP contribution in [-0.4, -0.2) is 16.0 Å². The van der Waals surface area contributed by atoms with Crippen LogP contribution >= 0.6 is 0 Å². The number of amides is 1. The van der Waals surface area contributed by atoms with E-state index in [0.29, 0.717) is 11.3 Å². The Balaban J connectivity index is 2.18. The minimum absolute atomic E-state index is 0.0204. The van der Waals surface area contributed by atoms with E-state index >= 15 is 0 Å². The Hall–Kier alpha value is -3.07. The van der Waals surface area contributed by atoms with Crippen molar-refractivity contribution in [1.82, 2.24) is 4.98 Å². The number of rotatable bonds is 2. The first-order valence-electron chi connectivity index (χ1n) is 5.36. The Morgan fingerprint density at radius 3 is 2.74 bits per heavy atom. The highest BCUT2D eigenvalue weighted by atomic mass is 16.3. The van der Waals surface area contributed by atoms with Gasteiger partial charge >= 0.3 is 0 Å². The highest BCUT2D eigenvalue weighted by Gasteiger charge is 2.09. The van der Waals surface area contributed by atoms with E-state index in [4.69, 9.17) is 11.0 Å². The first kappa shape index (κ1) is 12.4. The minimum Gasteiger partial charge on any atom is -0.508 e. The second-order valence-corrected chi connectivity index (χ2v) is 3.77. The molecular weight excluding hydrogens is 244 g/mol. The van der Waals surface area contributed by atoms with Gasteiger partial charge in [-0.25, -0.2) is 4.98 Å². The molecule has 4 N–H and O–H groups in total. The highest BCUT2D eigenvalue weighted by molar-refractivity contribution is 6.04. The highest BCUT2D eigenvalue weighted by Crippen LogP contribution is 2.23. The number of benzene rings is 1. The Labute approximate surface area is 109 Å². The quantitative estimate of drug-likeness (QED) is 0.555. The summed E-state index contributed by atoms with van der Waals surface area (Å²) in [6.45, 7) is 0. The van der Waals surface area contributed by atoms with E-state index in [2.05, 4.69) is 10.3 Å². The number of nitrogen functional groups attached to an aromatic ring is 1. The number of aromatic nitrogens is 1. The fourth-order valence-corrected chi connectivity index (χ4v) is 1.44. The lowest BCUT2D eigenvalue weighted by Crippen LogP contribution is -2.14. The van der Waals surface area contributed by atoms with Gasteiger partial charge in [0.05, 0.1) is 16.9 Å². The van der Waals surface area contributed by atoms with Crippen molar-refractivity contribution in [3.8, 4) is 11.8 Å². The summed E-state index contributed by atoms with van der Waals surface area (Å²) >= 11 is 0. The lowest BCUT2D eigenvalue weighted by Gasteiger charge is -2.07. The number of carbonyl (C=O) groups is 1. The number of phenols is 1. The van der Waals surface area contributed by atoms with Gasteiger partial charge in [-0.3, -0.25) is 4.79 Å². The van der Waals surface area contributed by atoms with Gasteiger partial charge in [-0.2, -0.15) is 5.26 Å². The lowest BCUT2D eigenvalue weighted by molar-refractivity contribution is 0.102. The SMILES string of the molecule is N#Cc1ccc(C(=O)Nc2ccc(O)cc2N)nc1. The zero-order chi connectivity index (χ0) is 13.8. The molecular formula is C13H10N4O2. The number of nitrogens with two attached hydrogens (primary N) is 1. The van der Waals surface area contributed by atoms with Crippen LogP contribution in [0.5, 0.6) is 5.75 Å². The van der Waals surface area contributed by atoms with Gasteiger partial charge < -0.3 is 16.2 Å². The zero-order valence-corrected chi connectivity index (χ0v) is 9.79. The normalized spacial score (nSPS) is 9.63. The van der Waals surface area contributed by atoms with Gasteiger partial charge in [-0.05, 0) is 24.3 Å². The van der Waals surface area contributed by atoms with Crippen LogP contribution in [0.4, 0.5) is 11.4 Å². The first-order chi connectivity index (χ1) is 9.10. The van der Waals surface area contributed by atoms with Crippen LogP contribution in [0.25, 0.3) is 0 Å². The molecule has 0 atom stereocenters. The van der Waals surface area contributed by atoms with Crippen LogP contribution < -0.4 is 11.1 Å². The number of anilines is 2. The maximum atomic E-state index is 11.9. The van der Waals surface area contributed by atoms with Crippen LogP contribution in [-0.2, 0) is 0 Å². The largest absolute Gasteiger partial charge is 0.508 e. The third kappa shape index (κ3) is 2.79. The van der Waals surface area contributed by atoms with Crippen LogP contribution in [0.15, 0.2) is 36.5 Å². The fourth-order valence-electron chi connectivity index (χ4n) is 1.44. The summed E-state index contributed by atoms with van der Waals surface area (Å²) in [5.74, 6) is -0.422. The summed E-state index contributed by atoms with van der Waals surface area (Å²) in [4.78, 5) is 15.7. The molecule has 0 fully saturated rings. The number of nitrogens with zero attached hydrogens (tertiary/aromatic N) is 2. The molecule has 6 heteroatoms. The monoisotopic (exact) mass is 254 g/mol. The average molecular weight is 254 g/mol. The number of nitrogens with one attached hydrogen (secondary N) is 1. The topological polar surface area (TPSA) is 112 Å². The Morgan fingerprint density at radius 2 is 2.16 bits per heavy atom. The van der Waals surface area contributed by atoms with Gasteiger partial charge in [-0.15, -0.1) is 0 Å². The molecule has 0 spiro atoms. The second kappa shape index (κ2) is 5.06. The summed E-state index contributed by atoms with van der Waals surface area (Å²) in [5, 5.41) is 20.4. The van der Waals surface area contributed by atoms with E-state index < -0.39 is 5.91 Å². The summed E-state index contributed by atoms with van der Waals surface area (Å²) in [6, 6.07) is 9.11. The lowest BCUT2D eigenvalue weighted by atomic mass is 10.2. The molecule has 1 aromatic carbocycles. The molecule has 0 radical (unpaired) electrons. The number of carbonyl (C=O) groups excluding carboxylic acids is 1. The predicted molar refractivity (Wildman–Crippen MR) is 69.4 cm³/mol. The number of nitriles is 1. The van der Waals surface area contributed by atoms with Crippen molar-refractivity contribution in [2.24, 2.45) is 0 Å². The van der Waals surface area contributed by atoms with Crippen molar-refractivity contribution in [1.29, 1.82) is 5.26 Å². The molecule has 0 saturated heterocycles. The van der Waals surface area contributed by atoms with E-state index in [1.54, 1.807) is 0 Å². The van der Waals surface area contributed by atoms with Crippen LogP contribution in [0.1, 0.15) is 16.1 Å². The molecule has 0 saturated carbocycles. The summed E-state index contributed by atoms with van der Waals surface area (Å²) < 4.78 is 0. The molecule has 0 aliphatic rings. The summed E-state index contributed by atoms with van der Waals surface area (Å²) in [5.41, 5.74) is 6.84. The predicted octanol–water partition coefficient (Wildman–Crippen LogP) is 1.49. The van der Waals surface area contributed by atoms with Crippen LogP contribution in [0, 0.1) is 11.3 Å². The molecule has 0 aliphatic carbocycles. The number of hydrogen-bond acceptors (Lipinski definition) is 5. The molecule has 2 aromatic rings. The molecule has 0 unspecified atom stereocenters. The van der Waals surface area contributed by atoms with Gasteiger partial charge in [-0.1, -0.05) is 0 Å². The zero-order valence-electron chi connectivity index (χ0n) is 9.79. The maximum absolute atomic E-state index is 11.9. The van der Waals surface area contributed by atoms with E-state index in [1.807, 2.05) is 6.07 Å². The third-order valence-electron chi connectivity index (χ3n) is 2.41. The van der Waals surface area contributed by atoms with Crippen molar-refractivity contribution in [2.45, 2.75) is 0 Å². The average Bonchev–Trinajstić information content (AvgIpc) is 2.42. The third-order valence-corrected chi connectivity index (χ3v) is 2.41. The molecule has 0 bridgehead atoms. The molecule has 94 valence electrons. The number of hydrogen-bond donors (Lipinski definition) is 3. The van der Waals surface area contributed by atoms with Crippen LogP contribution in [0.3, 0.4) is 0 Å². The Bertz CT molecular complexity index is 659. The molecule has 2 rings (SSSR count). The van der Waals surface area contributed by atoms with Gasteiger partial charge in [0.2, 0.25) is 0 Å². The molecule has 1 amide bonds. The van der Waals surface area contributed by atoms with Gasteiger partial charge in [0.15, 0.2) is 0 Å². The van der Waals surface area contributed by atoms with Crippen molar-refractivity contribution in [3.05, 3.63) is 47.8 Å². The van der Waals surface area contributed by atoms with Crippen molar-refractivity contribution < 1.29 is 9.90 Å². The Morgan fingerprint density at radius 1 is 1.37 bits per heavy atom. The molecule has 19 heavy (non-hydrogen) atoms. The van der Waals surface area contributed by atoms with Gasteiger partial charge in [0.25, 0.3) is 5.91 Å². The number of phenolic OH excluding ortho intramolecular Hbond substituents is 1. The molecule has 0 aliphatic heterocycles. The van der Waals surface area contributed by atoms with Crippen molar-refractivity contribution >= 4 is 17.3 Å². The van der Waals surface area contributed by atoms with E-state index in [1.165, 1.54) is 36.5 Å². The molecule has 1 aromatic heterocycles. The van der Waals surface area contributed by atoms with Crippen molar-refractivity contribution in [3.63, 3.8) is 0 Å². The smallest absolute Gasteiger partial charge is 0.274 e. The van der Waals surface area contributed by atoms with Gasteiger partial charge in [0, 0.05) is 12.3 Å². The first-order valence-corrected chi connectivity index (χ1v) is 5.36. The number of aromatic hydroxyl groups is 1. The van der Waals surface area contributed by atoms with Gasteiger partial charge in [0.1, 0.15) is 17.5 Å². The Kier molecular flexibility index (Phi) is 3.30. The van der Waals surface area contributed by atoms with E-state index in [-0.39, 0.29) is 17.1 Å². The minimum atomic E-state index is -0.443. The van der Waals surface area contributed by atoms with Crippen molar-refractivity contribution in [2.75, 3.05) is 11.1 Å². The standard InChI is InChI=1S/C13H10N4O2/c14-6-8-1-3-12(16-7-8)13(19)17-11-4-2-9(18)5-10(11)15/h1-5,7,18H,15H2,(H,17,19). The van der Waals surface area contributed by atoms with Crippen LogP contribution in [0.2, 0.25) is 0 Å². The molecule has 1 heterocycles.